The molecule has 3 rings (SSSR count). The molecule has 0 spiro atoms. The van der Waals surface area contributed by atoms with Crippen molar-refractivity contribution in [1.82, 2.24) is 14.9 Å². The first-order valence-corrected chi connectivity index (χ1v) is 7.66. The molecule has 24 heavy (non-hydrogen) atoms. The number of anilines is 2. The van der Waals surface area contributed by atoms with E-state index in [1.165, 1.54) is 18.0 Å². The topological polar surface area (TPSA) is 75.2 Å². The number of fused-ring (bicyclic) bond motifs is 1. The molecule has 0 radical (unpaired) electrons. The average Bonchev–Trinajstić information content (AvgIpc) is 2.85. The minimum absolute atomic E-state index is 0.0135. The van der Waals surface area contributed by atoms with Gasteiger partial charge >= 0.3 is 0 Å². The number of amides is 1. The maximum Gasteiger partial charge on any atom is 0.256 e. The first kappa shape index (κ1) is 16.3. The number of ketones is 1. The molecule has 0 saturated carbocycles. The highest BCUT2D eigenvalue weighted by Gasteiger charge is 2.30. The lowest BCUT2D eigenvalue weighted by atomic mass is 10.1. The minimum Gasteiger partial charge on any atom is -0.339 e. The molecule has 0 fully saturated rings. The van der Waals surface area contributed by atoms with Gasteiger partial charge < -0.3 is 10.2 Å². The molecule has 0 atom stereocenters. The van der Waals surface area contributed by atoms with Crippen molar-refractivity contribution in [2.75, 3.05) is 18.5 Å². The van der Waals surface area contributed by atoms with E-state index >= 15 is 0 Å². The zero-order valence-electron chi connectivity index (χ0n) is 12.8. The summed E-state index contributed by atoms with van der Waals surface area (Å²) < 4.78 is 12.6. The Morgan fingerprint density at radius 2 is 2.25 bits per heavy atom. The number of halogens is 2. The number of Topliss-reactive ketones (excluding diaryl/α,β-unsaturated/α-hetero) is 1. The molecule has 1 aromatic carbocycles. The van der Waals surface area contributed by atoms with Gasteiger partial charge in [0.2, 0.25) is 5.28 Å². The zero-order valence-corrected chi connectivity index (χ0v) is 13.6. The van der Waals surface area contributed by atoms with Gasteiger partial charge in [0.25, 0.3) is 5.91 Å². The molecule has 1 N–H and O–H groups in total. The fourth-order valence-corrected chi connectivity index (χ4v) is 2.78. The Morgan fingerprint density at radius 1 is 1.46 bits per heavy atom. The predicted octanol–water partition coefficient (Wildman–Crippen LogP) is 3.00. The van der Waals surface area contributed by atoms with Crippen LogP contribution < -0.4 is 5.32 Å². The van der Waals surface area contributed by atoms with Gasteiger partial charge in [-0.3, -0.25) is 9.59 Å². The number of hydrogen-bond donors (Lipinski definition) is 1. The summed E-state index contributed by atoms with van der Waals surface area (Å²) in [6.45, 7) is 1.20. The lowest BCUT2D eigenvalue weighted by molar-refractivity contribution is 0.0768. The van der Waals surface area contributed by atoms with Gasteiger partial charge in [-0.25, -0.2) is 9.37 Å². The van der Waals surface area contributed by atoms with Crippen molar-refractivity contribution < 1.29 is 14.0 Å². The van der Waals surface area contributed by atoms with Crippen LogP contribution in [0.25, 0.3) is 0 Å². The average molecular weight is 349 g/mol. The number of carbonyl (C=O) groups is 2. The Labute approximate surface area is 142 Å². The largest absolute Gasteiger partial charge is 0.339 e. The van der Waals surface area contributed by atoms with Gasteiger partial charge in [0.05, 0.1) is 16.8 Å². The fraction of sp³-hybridized carbons (Fsp3) is 0.250. The van der Waals surface area contributed by atoms with E-state index in [0.717, 1.165) is 5.56 Å². The van der Waals surface area contributed by atoms with Crippen molar-refractivity contribution in [2.24, 2.45) is 0 Å². The number of hydrogen-bond acceptors (Lipinski definition) is 5. The molecule has 8 heteroatoms. The van der Waals surface area contributed by atoms with Crippen LogP contribution in [0, 0.1) is 0 Å². The van der Waals surface area contributed by atoms with Crippen LogP contribution in [0.3, 0.4) is 0 Å². The highest BCUT2D eigenvalue weighted by Crippen LogP contribution is 2.31. The molecule has 0 bridgehead atoms. The van der Waals surface area contributed by atoms with Crippen molar-refractivity contribution >= 4 is 34.8 Å². The van der Waals surface area contributed by atoms with Crippen molar-refractivity contribution in [3.63, 3.8) is 0 Å². The van der Waals surface area contributed by atoms with Crippen LogP contribution in [-0.4, -0.2) is 39.8 Å². The molecule has 124 valence electrons. The molecule has 6 nitrogen and oxygen atoms in total. The summed E-state index contributed by atoms with van der Waals surface area (Å²) in [5.74, 6) is -0.255. The van der Waals surface area contributed by atoms with Gasteiger partial charge in [0.1, 0.15) is 12.5 Å². The van der Waals surface area contributed by atoms with Gasteiger partial charge in [-0.1, -0.05) is 12.1 Å². The molecule has 2 aromatic rings. The Morgan fingerprint density at radius 3 is 2.96 bits per heavy atom. The van der Waals surface area contributed by atoms with Crippen LogP contribution in [-0.2, 0) is 6.54 Å². The number of nitrogens with one attached hydrogen (secondary N) is 1. The monoisotopic (exact) mass is 348 g/mol. The van der Waals surface area contributed by atoms with Crippen LogP contribution in [0.1, 0.15) is 33.2 Å². The molecule has 1 aliphatic heterocycles. The van der Waals surface area contributed by atoms with Gasteiger partial charge in [-0.15, -0.1) is 0 Å². The lowest BCUT2D eigenvalue weighted by Crippen LogP contribution is -2.26. The lowest BCUT2D eigenvalue weighted by Gasteiger charge is -2.14. The van der Waals surface area contributed by atoms with Crippen molar-refractivity contribution in [3.8, 4) is 0 Å². The molecule has 1 aromatic heterocycles. The second-order valence-corrected chi connectivity index (χ2v) is 5.68. The van der Waals surface area contributed by atoms with Gasteiger partial charge in [0, 0.05) is 19.3 Å². The summed E-state index contributed by atoms with van der Waals surface area (Å²) in [5.41, 5.74) is 2.01. The van der Waals surface area contributed by atoms with Crippen LogP contribution in [0.2, 0.25) is 5.28 Å². The normalized spacial score (nSPS) is 13.1. The molecular formula is C16H14ClFN4O2. The Hall–Kier alpha value is -2.54. The highest BCUT2D eigenvalue weighted by atomic mass is 35.5. The number of alkyl halides is 1. The predicted molar refractivity (Wildman–Crippen MR) is 87.5 cm³/mol. The van der Waals surface area contributed by atoms with Crippen molar-refractivity contribution in [2.45, 2.75) is 13.5 Å². The molecule has 0 aliphatic carbocycles. The molecule has 1 aliphatic rings. The number of carbonyl (C=O) groups excluding carboxylic acids is 2. The van der Waals surface area contributed by atoms with E-state index in [1.807, 2.05) is 6.07 Å². The van der Waals surface area contributed by atoms with Gasteiger partial charge in [-0.2, -0.15) is 4.98 Å². The number of aromatic nitrogens is 2. The Kier molecular flexibility index (Phi) is 4.44. The summed E-state index contributed by atoms with van der Waals surface area (Å²) in [6, 6.07) is 5.30. The van der Waals surface area contributed by atoms with Crippen molar-refractivity contribution in [1.29, 1.82) is 0 Å². The second kappa shape index (κ2) is 6.52. The van der Waals surface area contributed by atoms with E-state index in [9.17, 15) is 14.0 Å². The van der Waals surface area contributed by atoms with E-state index in [2.05, 4.69) is 15.3 Å². The Bertz CT molecular complexity index is 828. The third-order valence-electron chi connectivity index (χ3n) is 3.76. The smallest absolute Gasteiger partial charge is 0.256 e. The summed E-state index contributed by atoms with van der Waals surface area (Å²) in [5, 5.41) is 2.98. The minimum atomic E-state index is -0.599. The summed E-state index contributed by atoms with van der Waals surface area (Å²) >= 11 is 5.81. The SMILES string of the molecule is CC(=O)c1cnc(Cl)nc1Nc1cccc2c1C(=O)N(CCF)C2. The summed E-state index contributed by atoms with van der Waals surface area (Å²) in [4.78, 5) is 33.5. The first-order chi connectivity index (χ1) is 11.5. The van der Waals surface area contributed by atoms with Crippen molar-refractivity contribution in [3.05, 3.63) is 46.4 Å². The Balaban J connectivity index is 2.00. The summed E-state index contributed by atoms with van der Waals surface area (Å²) in [7, 11) is 0. The second-order valence-electron chi connectivity index (χ2n) is 5.34. The first-order valence-electron chi connectivity index (χ1n) is 7.29. The third kappa shape index (κ3) is 2.94. The van der Waals surface area contributed by atoms with Crippen LogP contribution in [0.4, 0.5) is 15.9 Å². The van der Waals surface area contributed by atoms with E-state index in [4.69, 9.17) is 11.6 Å². The van der Waals surface area contributed by atoms with Crippen LogP contribution >= 0.6 is 11.6 Å². The van der Waals surface area contributed by atoms with Crippen LogP contribution in [0.5, 0.6) is 0 Å². The molecular weight excluding hydrogens is 335 g/mol. The number of rotatable bonds is 5. The molecule has 0 unspecified atom stereocenters. The van der Waals surface area contributed by atoms with E-state index in [0.29, 0.717) is 17.8 Å². The standard InChI is InChI=1S/C16H14ClFN4O2/c1-9(23)11-7-19-16(17)21-14(11)20-12-4-2-3-10-8-22(6-5-18)15(24)13(10)12/h2-4,7H,5-6,8H2,1H3,(H,19,20,21). The third-order valence-corrected chi connectivity index (χ3v) is 3.94. The number of benzene rings is 1. The van der Waals surface area contributed by atoms with E-state index in [1.54, 1.807) is 12.1 Å². The highest BCUT2D eigenvalue weighted by molar-refractivity contribution is 6.28. The zero-order chi connectivity index (χ0) is 17.3. The van der Waals surface area contributed by atoms with E-state index < -0.39 is 6.67 Å². The maximum atomic E-state index is 12.6. The molecule has 2 heterocycles. The van der Waals surface area contributed by atoms with Gasteiger partial charge in [-0.05, 0) is 30.2 Å². The molecule has 0 saturated heterocycles. The maximum absolute atomic E-state index is 12.6. The van der Waals surface area contributed by atoms with Gasteiger partial charge in [0.15, 0.2) is 5.78 Å². The van der Waals surface area contributed by atoms with E-state index in [-0.39, 0.29) is 34.9 Å². The number of nitrogens with zero attached hydrogens (tertiary/aromatic N) is 3. The fourth-order valence-electron chi connectivity index (χ4n) is 2.65. The quantitative estimate of drug-likeness (QED) is 0.664. The van der Waals surface area contributed by atoms with Crippen LogP contribution in [0.15, 0.2) is 24.4 Å². The molecule has 1 amide bonds. The summed E-state index contributed by atoms with van der Waals surface area (Å²) in [6.07, 6.45) is 1.33.